The van der Waals surface area contributed by atoms with Crippen molar-refractivity contribution >= 4 is 52.4 Å². The number of hydrogen-bond acceptors (Lipinski definition) is 5. The van der Waals surface area contributed by atoms with Crippen LogP contribution in [0.15, 0.2) is 30.3 Å². The summed E-state index contributed by atoms with van der Waals surface area (Å²) in [7, 11) is 0. The van der Waals surface area contributed by atoms with Crippen molar-refractivity contribution in [1.29, 1.82) is 0 Å². The quantitative estimate of drug-likeness (QED) is 0.596. The van der Waals surface area contributed by atoms with Crippen molar-refractivity contribution in [3.05, 3.63) is 56.7 Å². The maximum atomic E-state index is 13.0. The molecule has 2 atom stereocenters. The zero-order valence-electron chi connectivity index (χ0n) is 18.2. The Morgan fingerprint density at radius 2 is 1.82 bits per heavy atom. The number of anilines is 1. The van der Waals surface area contributed by atoms with E-state index in [-0.39, 0.29) is 28.8 Å². The number of carbonyl (C=O) groups excluding carboxylic acids is 2. The number of halogens is 3. The molecule has 1 aromatic heterocycles. The lowest BCUT2D eigenvalue weighted by Crippen LogP contribution is -2.49. The van der Waals surface area contributed by atoms with E-state index in [1.165, 1.54) is 0 Å². The third kappa shape index (κ3) is 5.22. The van der Waals surface area contributed by atoms with Crippen molar-refractivity contribution in [3.63, 3.8) is 0 Å². The Balaban J connectivity index is 1.39. The lowest BCUT2D eigenvalue weighted by atomic mass is 9.88. The van der Waals surface area contributed by atoms with Crippen LogP contribution in [0.3, 0.4) is 0 Å². The number of pyridine rings is 1. The molecule has 2 aromatic rings. The highest BCUT2D eigenvalue weighted by molar-refractivity contribution is 6.42. The summed E-state index contributed by atoms with van der Waals surface area (Å²) in [5.74, 6) is 0.362. The summed E-state index contributed by atoms with van der Waals surface area (Å²) in [6, 6.07) is 8.92. The van der Waals surface area contributed by atoms with Crippen LogP contribution in [0, 0.1) is 5.92 Å². The molecule has 2 aliphatic heterocycles. The molecule has 7 nitrogen and oxygen atoms in total. The van der Waals surface area contributed by atoms with Crippen molar-refractivity contribution in [3.8, 4) is 0 Å². The first kappa shape index (κ1) is 24.1. The predicted molar refractivity (Wildman–Crippen MR) is 130 cm³/mol. The minimum absolute atomic E-state index is 0.00414. The highest BCUT2D eigenvalue weighted by atomic mass is 35.5. The van der Waals surface area contributed by atoms with Crippen LogP contribution in [0.25, 0.3) is 0 Å². The second-order valence-electron chi connectivity index (χ2n) is 8.11. The normalized spacial score (nSPS) is 20.8. The Hall–Kier alpha value is -2.06. The number of amides is 2. The van der Waals surface area contributed by atoms with E-state index in [1.807, 2.05) is 24.0 Å². The lowest BCUT2D eigenvalue weighted by molar-refractivity contribution is -0.120. The summed E-state index contributed by atoms with van der Waals surface area (Å²) in [4.78, 5) is 33.5. The number of nitrogens with zero attached hydrogens (tertiary/aromatic N) is 3. The smallest absolute Gasteiger partial charge is 0.253 e. The van der Waals surface area contributed by atoms with Gasteiger partial charge in [-0.2, -0.15) is 0 Å². The summed E-state index contributed by atoms with van der Waals surface area (Å²) >= 11 is 18.3. The molecule has 4 rings (SSSR count). The summed E-state index contributed by atoms with van der Waals surface area (Å²) in [6.45, 7) is 5.90. The third-order valence-corrected chi connectivity index (χ3v) is 7.03. The van der Waals surface area contributed by atoms with Gasteiger partial charge in [0, 0.05) is 50.8 Å². The van der Waals surface area contributed by atoms with E-state index >= 15 is 0 Å². The van der Waals surface area contributed by atoms with Gasteiger partial charge in [0.15, 0.2) is 0 Å². The molecule has 1 unspecified atom stereocenters. The first-order valence-electron chi connectivity index (χ1n) is 10.9. The molecule has 0 radical (unpaired) electrons. The number of benzene rings is 1. The minimum atomic E-state index is -0.257. The molecule has 2 aliphatic rings. The number of ether oxygens (including phenoxy) is 1. The van der Waals surface area contributed by atoms with Crippen LogP contribution in [0.4, 0.5) is 5.82 Å². The van der Waals surface area contributed by atoms with Gasteiger partial charge in [-0.15, -0.1) is 0 Å². The second kappa shape index (κ2) is 10.5. The molecule has 1 N–H and O–H groups in total. The number of hydrogen-bond donors (Lipinski definition) is 1. The fraction of sp³-hybridized carbons (Fsp3) is 0.435. The number of carbonyl (C=O) groups is 2. The average molecular weight is 512 g/mol. The van der Waals surface area contributed by atoms with Crippen molar-refractivity contribution < 1.29 is 14.3 Å². The molecule has 0 saturated carbocycles. The van der Waals surface area contributed by atoms with Crippen LogP contribution in [0.2, 0.25) is 15.2 Å². The molecule has 0 aliphatic carbocycles. The summed E-state index contributed by atoms with van der Waals surface area (Å²) in [5.41, 5.74) is 1.49. The van der Waals surface area contributed by atoms with E-state index in [2.05, 4.69) is 10.3 Å². The topological polar surface area (TPSA) is 74.8 Å². The van der Waals surface area contributed by atoms with E-state index in [0.717, 1.165) is 5.56 Å². The van der Waals surface area contributed by atoms with E-state index in [4.69, 9.17) is 39.5 Å². The first-order chi connectivity index (χ1) is 15.9. The molecule has 1 aromatic carbocycles. The van der Waals surface area contributed by atoms with Crippen LogP contribution in [-0.2, 0) is 9.53 Å². The highest BCUT2D eigenvalue weighted by Crippen LogP contribution is 2.32. The summed E-state index contributed by atoms with van der Waals surface area (Å²) < 4.78 is 5.54. The summed E-state index contributed by atoms with van der Waals surface area (Å²) in [5, 5.41) is 3.85. The van der Waals surface area contributed by atoms with Gasteiger partial charge in [-0.3, -0.25) is 9.59 Å². The molecular weight excluding hydrogens is 487 g/mol. The van der Waals surface area contributed by atoms with Crippen molar-refractivity contribution in [2.24, 2.45) is 5.92 Å². The lowest BCUT2D eigenvalue weighted by Gasteiger charge is -2.36. The third-order valence-electron chi connectivity index (χ3n) is 6.08. The fourth-order valence-corrected chi connectivity index (χ4v) is 4.93. The minimum Gasteiger partial charge on any atom is -0.381 e. The molecule has 0 spiro atoms. The van der Waals surface area contributed by atoms with Crippen LogP contribution >= 0.6 is 34.8 Å². The zero-order chi connectivity index (χ0) is 23.5. The van der Waals surface area contributed by atoms with Crippen molar-refractivity contribution in [1.82, 2.24) is 15.2 Å². The molecule has 2 saturated heterocycles. The molecule has 10 heteroatoms. The van der Waals surface area contributed by atoms with Gasteiger partial charge in [-0.05, 0) is 30.7 Å². The summed E-state index contributed by atoms with van der Waals surface area (Å²) in [6.07, 6.45) is 0. The molecule has 176 valence electrons. The Morgan fingerprint density at radius 3 is 2.48 bits per heavy atom. The first-order valence-corrected chi connectivity index (χ1v) is 12.0. The Labute approximate surface area is 207 Å². The van der Waals surface area contributed by atoms with E-state index in [1.54, 1.807) is 23.1 Å². The molecular formula is C23H25Cl3N4O3. The average Bonchev–Trinajstić information content (AvgIpc) is 3.20. The van der Waals surface area contributed by atoms with Gasteiger partial charge >= 0.3 is 0 Å². The van der Waals surface area contributed by atoms with Gasteiger partial charge in [-0.25, -0.2) is 4.98 Å². The van der Waals surface area contributed by atoms with Crippen molar-refractivity contribution in [2.75, 3.05) is 50.8 Å². The SMILES string of the molecule is CCOCC1CNC(=O)[C@H]1c1ccc(C(=O)N2CCN(c3nc(Cl)c(Cl)cc3Cl)CC2)cc1. The largest absolute Gasteiger partial charge is 0.381 e. The Kier molecular flexibility index (Phi) is 7.64. The van der Waals surface area contributed by atoms with E-state index < -0.39 is 0 Å². The monoisotopic (exact) mass is 510 g/mol. The molecule has 2 fully saturated rings. The van der Waals surface area contributed by atoms with Crippen LogP contribution in [0.5, 0.6) is 0 Å². The second-order valence-corrected chi connectivity index (χ2v) is 9.28. The van der Waals surface area contributed by atoms with Gasteiger partial charge < -0.3 is 19.9 Å². The van der Waals surface area contributed by atoms with Crippen molar-refractivity contribution in [2.45, 2.75) is 12.8 Å². The standard InChI is InChI=1S/C23H25Cl3N4O3/c1-2-33-13-16-12-27-22(31)19(16)14-3-5-15(6-4-14)23(32)30-9-7-29(8-10-30)21-18(25)11-17(24)20(26)28-21/h3-6,11,16,19H,2,7-10,12-13H2,1H3,(H,27,31)/t16?,19-/m0/s1. The molecule has 2 amide bonds. The van der Waals surface area contributed by atoms with Gasteiger partial charge in [0.25, 0.3) is 5.91 Å². The highest BCUT2D eigenvalue weighted by Gasteiger charge is 2.36. The van der Waals surface area contributed by atoms with E-state index in [9.17, 15) is 9.59 Å². The number of piperazine rings is 1. The van der Waals surface area contributed by atoms with Crippen LogP contribution in [0.1, 0.15) is 28.8 Å². The molecule has 33 heavy (non-hydrogen) atoms. The molecule has 3 heterocycles. The van der Waals surface area contributed by atoms with Gasteiger partial charge in [-0.1, -0.05) is 46.9 Å². The maximum absolute atomic E-state index is 13.0. The van der Waals surface area contributed by atoms with Crippen LogP contribution < -0.4 is 10.2 Å². The Morgan fingerprint density at radius 1 is 1.12 bits per heavy atom. The number of rotatable bonds is 6. The zero-order valence-corrected chi connectivity index (χ0v) is 20.5. The predicted octanol–water partition coefficient (Wildman–Crippen LogP) is 3.87. The van der Waals surface area contributed by atoms with Crippen LogP contribution in [-0.4, -0.2) is 67.6 Å². The maximum Gasteiger partial charge on any atom is 0.253 e. The van der Waals surface area contributed by atoms with Gasteiger partial charge in [0.05, 0.1) is 22.6 Å². The molecule has 0 bridgehead atoms. The van der Waals surface area contributed by atoms with Gasteiger partial charge in [0.2, 0.25) is 5.91 Å². The number of nitrogens with one attached hydrogen (secondary N) is 1. The van der Waals surface area contributed by atoms with E-state index in [0.29, 0.717) is 67.4 Å². The number of aromatic nitrogens is 1. The van der Waals surface area contributed by atoms with Gasteiger partial charge in [0.1, 0.15) is 11.0 Å². The Bertz CT molecular complexity index is 1030. The fourth-order valence-electron chi connectivity index (χ4n) is 4.32.